The molecule has 0 saturated heterocycles. The van der Waals surface area contributed by atoms with Crippen LogP contribution in [-0.2, 0) is 32.5 Å². The van der Waals surface area contributed by atoms with E-state index in [0.29, 0.717) is 0 Å². The van der Waals surface area contributed by atoms with Crippen molar-refractivity contribution >= 4 is 74.3 Å². The Kier molecular flexibility index (Phi) is 13.3. The smallest absolute Gasteiger partial charge is 0.252 e. The van der Waals surface area contributed by atoms with Crippen molar-refractivity contribution < 1.29 is 0 Å². The topological polar surface area (TPSA) is 9.72 Å². The summed E-state index contributed by atoms with van der Waals surface area (Å²) < 4.78 is 0. The first-order valence-electron chi connectivity index (χ1n) is 33.4. The van der Waals surface area contributed by atoms with Crippen molar-refractivity contribution in [2.75, 3.05) is 14.7 Å². The van der Waals surface area contributed by atoms with Crippen LogP contribution >= 0.6 is 0 Å². The minimum atomic E-state index is -0.199. The van der Waals surface area contributed by atoms with E-state index >= 15 is 0 Å². The van der Waals surface area contributed by atoms with Gasteiger partial charge in [0.25, 0.3) is 6.71 Å². The highest BCUT2D eigenvalue weighted by Gasteiger charge is 2.46. The van der Waals surface area contributed by atoms with Crippen LogP contribution in [0.15, 0.2) is 231 Å². The number of rotatable bonds is 7. The van der Waals surface area contributed by atoms with Crippen LogP contribution in [0.5, 0.6) is 0 Å². The standard InChI is InChI=1S/C88H86BN3/c1-83(2,3)57-34-42-61(43-35-57)90(62-44-36-58(37-45-62)84(4,5)6)65-48-49-74-77(54-65)92(64-46-38-59(39-47-64)85(7,8)9)79-53-60(86(10,11)12)52-78-82(79)89(74)75-51-56(67-26-22-30-73-81(67)69-24-18-20-28-71(69)88(73,15)16)33-50-76(75)91(78)63-40-31-55(32-41-63)66-25-21-29-72-80(66)68-23-17-19-27-70(68)87(72,13)14/h17-54H,1-16H3. The van der Waals surface area contributed by atoms with Crippen molar-refractivity contribution in [1.82, 2.24) is 0 Å². The van der Waals surface area contributed by atoms with Gasteiger partial charge in [-0.3, -0.25) is 0 Å². The molecular weight excluding hydrogens is 1110 g/mol. The molecule has 15 rings (SSSR count). The Labute approximate surface area is 548 Å². The number of hydrogen-bond donors (Lipinski definition) is 0. The summed E-state index contributed by atoms with van der Waals surface area (Å²) in [6.07, 6.45) is 0. The van der Waals surface area contributed by atoms with Gasteiger partial charge in [0.15, 0.2) is 0 Å². The van der Waals surface area contributed by atoms with Gasteiger partial charge >= 0.3 is 0 Å². The third-order valence-electron chi connectivity index (χ3n) is 21.1. The van der Waals surface area contributed by atoms with E-state index in [9.17, 15) is 0 Å². The van der Waals surface area contributed by atoms with E-state index in [0.717, 1.165) is 28.4 Å². The lowest BCUT2D eigenvalue weighted by Gasteiger charge is -2.45. The number of anilines is 9. The minimum Gasteiger partial charge on any atom is -0.311 e. The maximum atomic E-state index is 2.62. The molecule has 0 spiro atoms. The first-order chi connectivity index (χ1) is 43.7. The average Bonchev–Trinajstić information content (AvgIpc) is 0.802. The molecule has 11 aromatic rings. The fourth-order valence-electron chi connectivity index (χ4n) is 15.8. The third kappa shape index (κ3) is 9.36. The molecule has 0 fully saturated rings. The SMILES string of the molecule is CC(C)(C)c1ccc(N(c2ccc(C(C)(C)C)cc2)c2ccc3c(c2)N(c2ccc(C(C)(C)C)cc2)c2cc(C(C)(C)C)cc4c2B3c2cc(-c3cccc5c3-c3ccccc3C5(C)C)ccc2N4c2ccc(-c3cccc4c3-c3ccccc3C4(C)C)cc2)cc1. The lowest BCUT2D eigenvalue weighted by atomic mass is 9.33. The van der Waals surface area contributed by atoms with Crippen molar-refractivity contribution in [1.29, 1.82) is 0 Å². The molecule has 0 unspecified atom stereocenters. The van der Waals surface area contributed by atoms with Gasteiger partial charge in [-0.25, -0.2) is 0 Å². The fourth-order valence-corrected chi connectivity index (χ4v) is 15.8. The van der Waals surface area contributed by atoms with E-state index in [2.05, 4.69) is 356 Å². The largest absolute Gasteiger partial charge is 0.311 e. The molecule has 2 aliphatic carbocycles. The zero-order chi connectivity index (χ0) is 64.3. The first kappa shape index (κ1) is 59.2. The molecule has 3 nitrogen and oxygen atoms in total. The molecule has 92 heavy (non-hydrogen) atoms. The number of nitrogens with zero attached hydrogens (tertiary/aromatic N) is 3. The summed E-state index contributed by atoms with van der Waals surface area (Å²) in [6, 6.07) is 89.6. The normalized spacial score (nSPS) is 14.8. The van der Waals surface area contributed by atoms with Gasteiger partial charge in [-0.2, -0.15) is 0 Å². The van der Waals surface area contributed by atoms with Gasteiger partial charge in [0.2, 0.25) is 0 Å². The third-order valence-corrected chi connectivity index (χ3v) is 21.1. The number of benzene rings is 11. The highest BCUT2D eigenvalue weighted by Crippen LogP contribution is 2.55. The molecule has 0 aromatic heterocycles. The van der Waals surface area contributed by atoms with Crippen LogP contribution in [0, 0.1) is 0 Å². The van der Waals surface area contributed by atoms with Crippen LogP contribution in [0.4, 0.5) is 51.2 Å². The second-order valence-corrected chi connectivity index (χ2v) is 31.9. The lowest BCUT2D eigenvalue weighted by molar-refractivity contribution is 0.590. The van der Waals surface area contributed by atoms with E-state index in [1.165, 1.54) is 128 Å². The molecular formula is C88H86BN3. The quantitative estimate of drug-likeness (QED) is 0.147. The highest BCUT2D eigenvalue weighted by molar-refractivity contribution is 7.00. The van der Waals surface area contributed by atoms with Crippen LogP contribution in [0.2, 0.25) is 0 Å². The average molecular weight is 1200 g/mol. The summed E-state index contributed by atoms with van der Waals surface area (Å²) in [5.74, 6) is 0. The van der Waals surface area contributed by atoms with Gasteiger partial charge in [-0.15, -0.1) is 0 Å². The van der Waals surface area contributed by atoms with Gasteiger partial charge in [-0.05, 0) is 206 Å². The Hall–Kier alpha value is -9.12. The van der Waals surface area contributed by atoms with E-state index < -0.39 is 0 Å². The Balaban J connectivity index is 0.994. The maximum Gasteiger partial charge on any atom is 0.252 e. The van der Waals surface area contributed by atoms with Crippen LogP contribution in [0.3, 0.4) is 0 Å². The molecule has 0 atom stereocenters. The lowest BCUT2D eigenvalue weighted by Crippen LogP contribution is -2.61. The van der Waals surface area contributed by atoms with Gasteiger partial charge in [0.05, 0.1) is 0 Å². The van der Waals surface area contributed by atoms with Crippen molar-refractivity contribution in [3.8, 4) is 44.5 Å². The molecule has 4 aliphatic rings. The maximum absolute atomic E-state index is 2.62. The van der Waals surface area contributed by atoms with E-state index in [1.807, 2.05) is 0 Å². The molecule has 0 amide bonds. The van der Waals surface area contributed by atoms with E-state index in [-0.39, 0.29) is 39.2 Å². The molecule has 0 bridgehead atoms. The Morgan fingerprint density at radius 2 is 0.696 bits per heavy atom. The summed E-state index contributed by atoms with van der Waals surface area (Å²) in [4.78, 5) is 7.71. The van der Waals surface area contributed by atoms with Crippen molar-refractivity contribution in [3.63, 3.8) is 0 Å². The molecule has 11 aromatic carbocycles. The molecule has 456 valence electrons. The summed E-state index contributed by atoms with van der Waals surface area (Å²) in [5, 5.41) is 0. The Morgan fingerprint density at radius 1 is 0.304 bits per heavy atom. The van der Waals surface area contributed by atoms with E-state index in [4.69, 9.17) is 0 Å². The summed E-state index contributed by atoms with van der Waals surface area (Å²) in [7, 11) is 0. The molecule has 0 saturated carbocycles. The molecule has 0 radical (unpaired) electrons. The molecule has 4 heteroatoms. The van der Waals surface area contributed by atoms with Gasteiger partial charge in [0.1, 0.15) is 0 Å². The van der Waals surface area contributed by atoms with Gasteiger partial charge in [0, 0.05) is 62.0 Å². The van der Waals surface area contributed by atoms with Gasteiger partial charge in [-0.1, -0.05) is 262 Å². The van der Waals surface area contributed by atoms with Crippen LogP contribution < -0.4 is 31.1 Å². The monoisotopic (exact) mass is 1200 g/mol. The second kappa shape index (κ2) is 20.7. The van der Waals surface area contributed by atoms with Crippen LogP contribution in [0.25, 0.3) is 44.5 Å². The molecule has 2 aliphatic heterocycles. The second-order valence-electron chi connectivity index (χ2n) is 31.9. The Morgan fingerprint density at radius 3 is 1.17 bits per heavy atom. The summed E-state index contributed by atoms with van der Waals surface area (Å²) in [5.41, 5.74) is 34.9. The van der Waals surface area contributed by atoms with Crippen molar-refractivity contribution in [3.05, 3.63) is 275 Å². The van der Waals surface area contributed by atoms with Crippen LogP contribution in [0.1, 0.15) is 155 Å². The predicted octanol–water partition coefficient (Wildman–Crippen LogP) is 22.4. The van der Waals surface area contributed by atoms with Gasteiger partial charge < -0.3 is 14.7 Å². The predicted molar refractivity (Wildman–Crippen MR) is 396 cm³/mol. The first-order valence-corrected chi connectivity index (χ1v) is 33.4. The minimum absolute atomic E-state index is 0.00883. The zero-order valence-electron chi connectivity index (χ0n) is 56.9. The number of fused-ring (bicyclic) bond motifs is 10. The van der Waals surface area contributed by atoms with Crippen molar-refractivity contribution in [2.45, 2.75) is 143 Å². The summed E-state index contributed by atoms with van der Waals surface area (Å²) >= 11 is 0. The highest BCUT2D eigenvalue weighted by atomic mass is 15.2. The fraction of sp³-hybridized carbons (Fsp3) is 0.250. The van der Waals surface area contributed by atoms with Crippen LogP contribution in [-0.4, -0.2) is 6.71 Å². The van der Waals surface area contributed by atoms with E-state index in [1.54, 1.807) is 0 Å². The zero-order valence-corrected chi connectivity index (χ0v) is 56.9. The molecule has 0 N–H and O–H groups in total. The Bertz CT molecular complexity index is 4710. The molecule has 2 heterocycles. The summed E-state index contributed by atoms with van der Waals surface area (Å²) in [6.45, 7) is 37.3. The van der Waals surface area contributed by atoms with Crippen molar-refractivity contribution in [2.24, 2.45) is 0 Å². The number of hydrogen-bond acceptors (Lipinski definition) is 3.